The molecule has 2 aromatic rings. The van der Waals surface area contributed by atoms with E-state index in [-0.39, 0.29) is 0 Å². The molecule has 0 N–H and O–H groups in total. The van der Waals surface area contributed by atoms with Crippen LogP contribution in [0.15, 0.2) is 42.5 Å². The third-order valence-corrected chi connectivity index (χ3v) is 2.63. The summed E-state index contributed by atoms with van der Waals surface area (Å²) in [7, 11) is 1.65. The van der Waals surface area contributed by atoms with Gasteiger partial charge in [0.05, 0.1) is 18.7 Å². The van der Waals surface area contributed by atoms with Crippen molar-refractivity contribution in [1.82, 2.24) is 0 Å². The summed E-state index contributed by atoms with van der Waals surface area (Å²) in [6.07, 6.45) is 0. The number of aryl methyl sites for hydroxylation is 1. The molecule has 0 aliphatic heterocycles. The predicted molar refractivity (Wildman–Crippen MR) is 67.9 cm³/mol. The van der Waals surface area contributed by atoms with Gasteiger partial charge < -0.3 is 4.74 Å². The Bertz CT molecular complexity index is 564. The SMILES string of the molecule is COc1ccc(-c2cc(C)cc(C#N)c2)cc1. The predicted octanol–water partition coefficient (Wildman–Crippen LogP) is 3.54. The lowest BCUT2D eigenvalue weighted by molar-refractivity contribution is 0.415. The topological polar surface area (TPSA) is 33.0 Å². The van der Waals surface area contributed by atoms with E-state index in [1.807, 2.05) is 43.3 Å². The van der Waals surface area contributed by atoms with Gasteiger partial charge in [-0.1, -0.05) is 18.2 Å². The van der Waals surface area contributed by atoms with Gasteiger partial charge >= 0.3 is 0 Å². The van der Waals surface area contributed by atoms with Crippen LogP contribution in [0.3, 0.4) is 0 Å². The smallest absolute Gasteiger partial charge is 0.118 e. The third kappa shape index (κ3) is 2.46. The van der Waals surface area contributed by atoms with Crippen LogP contribution in [-0.4, -0.2) is 7.11 Å². The van der Waals surface area contributed by atoms with Crippen LogP contribution in [0.4, 0.5) is 0 Å². The number of nitriles is 1. The zero-order valence-corrected chi connectivity index (χ0v) is 9.90. The number of nitrogens with zero attached hydrogens (tertiary/aromatic N) is 1. The highest BCUT2D eigenvalue weighted by atomic mass is 16.5. The molecule has 84 valence electrons. The molecular formula is C15H13NO. The van der Waals surface area contributed by atoms with E-state index in [0.29, 0.717) is 5.56 Å². The Hall–Kier alpha value is -2.27. The molecule has 0 atom stereocenters. The minimum absolute atomic E-state index is 0.691. The summed E-state index contributed by atoms with van der Waals surface area (Å²) < 4.78 is 5.12. The van der Waals surface area contributed by atoms with Gasteiger partial charge in [0, 0.05) is 0 Å². The summed E-state index contributed by atoms with van der Waals surface area (Å²) in [4.78, 5) is 0. The number of hydrogen-bond donors (Lipinski definition) is 0. The maximum absolute atomic E-state index is 8.95. The number of hydrogen-bond acceptors (Lipinski definition) is 2. The molecule has 0 heterocycles. The zero-order chi connectivity index (χ0) is 12.3. The first-order valence-corrected chi connectivity index (χ1v) is 5.39. The van der Waals surface area contributed by atoms with E-state index < -0.39 is 0 Å². The van der Waals surface area contributed by atoms with Gasteiger partial charge in [-0.3, -0.25) is 0 Å². The molecule has 0 aliphatic rings. The molecule has 2 heteroatoms. The van der Waals surface area contributed by atoms with Gasteiger partial charge in [-0.15, -0.1) is 0 Å². The summed E-state index contributed by atoms with van der Waals surface area (Å²) in [6.45, 7) is 1.99. The molecule has 0 saturated carbocycles. The van der Waals surface area contributed by atoms with Crippen molar-refractivity contribution >= 4 is 0 Å². The fraction of sp³-hybridized carbons (Fsp3) is 0.133. The highest BCUT2D eigenvalue weighted by Crippen LogP contribution is 2.24. The Morgan fingerprint density at radius 1 is 1.00 bits per heavy atom. The van der Waals surface area contributed by atoms with Gasteiger partial charge in [0.1, 0.15) is 5.75 Å². The van der Waals surface area contributed by atoms with E-state index in [1.165, 1.54) is 0 Å². The molecule has 2 aromatic carbocycles. The number of benzene rings is 2. The van der Waals surface area contributed by atoms with Crippen LogP contribution in [0, 0.1) is 18.3 Å². The first-order chi connectivity index (χ1) is 8.22. The van der Waals surface area contributed by atoms with Crippen molar-refractivity contribution in [3.63, 3.8) is 0 Å². The quantitative estimate of drug-likeness (QED) is 0.780. The van der Waals surface area contributed by atoms with Crippen LogP contribution >= 0.6 is 0 Å². The van der Waals surface area contributed by atoms with Gasteiger partial charge in [0.25, 0.3) is 0 Å². The minimum Gasteiger partial charge on any atom is -0.497 e. The maximum Gasteiger partial charge on any atom is 0.118 e. The molecule has 0 aliphatic carbocycles. The van der Waals surface area contributed by atoms with Crippen molar-refractivity contribution in [2.45, 2.75) is 6.92 Å². The lowest BCUT2D eigenvalue weighted by Gasteiger charge is -2.05. The van der Waals surface area contributed by atoms with Crippen LogP contribution < -0.4 is 4.74 Å². The van der Waals surface area contributed by atoms with Gasteiger partial charge in [-0.05, 0) is 47.9 Å². The third-order valence-electron chi connectivity index (χ3n) is 2.63. The van der Waals surface area contributed by atoms with Gasteiger partial charge in [0.2, 0.25) is 0 Å². The van der Waals surface area contributed by atoms with Gasteiger partial charge in [0.15, 0.2) is 0 Å². The first-order valence-electron chi connectivity index (χ1n) is 5.39. The average Bonchev–Trinajstić information content (AvgIpc) is 2.38. The standard InChI is InChI=1S/C15H13NO/c1-11-7-12(10-16)9-14(8-11)13-3-5-15(17-2)6-4-13/h3-9H,1-2H3. The summed E-state index contributed by atoms with van der Waals surface area (Å²) >= 11 is 0. The van der Waals surface area contributed by atoms with Crippen LogP contribution in [0.2, 0.25) is 0 Å². The molecule has 0 unspecified atom stereocenters. The fourth-order valence-electron chi connectivity index (χ4n) is 1.80. The Morgan fingerprint density at radius 2 is 1.71 bits per heavy atom. The Kier molecular flexibility index (Phi) is 3.11. The van der Waals surface area contributed by atoms with Gasteiger partial charge in [-0.25, -0.2) is 0 Å². The van der Waals surface area contributed by atoms with Gasteiger partial charge in [-0.2, -0.15) is 5.26 Å². The molecular weight excluding hydrogens is 210 g/mol. The van der Waals surface area contributed by atoms with Crippen molar-refractivity contribution in [3.8, 4) is 22.9 Å². The van der Waals surface area contributed by atoms with E-state index in [4.69, 9.17) is 10.00 Å². The summed E-state index contributed by atoms with van der Waals surface area (Å²) in [5.41, 5.74) is 3.93. The molecule has 0 bridgehead atoms. The molecule has 0 amide bonds. The number of ether oxygens (including phenoxy) is 1. The summed E-state index contributed by atoms with van der Waals surface area (Å²) in [5.74, 6) is 0.835. The molecule has 17 heavy (non-hydrogen) atoms. The van der Waals surface area contributed by atoms with E-state index in [2.05, 4.69) is 12.1 Å². The average molecular weight is 223 g/mol. The van der Waals surface area contributed by atoms with E-state index in [0.717, 1.165) is 22.4 Å². The highest BCUT2D eigenvalue weighted by Gasteiger charge is 2.01. The second-order valence-corrected chi connectivity index (χ2v) is 3.93. The number of methoxy groups -OCH3 is 1. The summed E-state index contributed by atoms with van der Waals surface area (Å²) in [5, 5.41) is 8.95. The van der Waals surface area contributed by atoms with E-state index >= 15 is 0 Å². The minimum atomic E-state index is 0.691. The Morgan fingerprint density at radius 3 is 2.29 bits per heavy atom. The second kappa shape index (κ2) is 4.71. The van der Waals surface area contributed by atoms with Crippen molar-refractivity contribution in [3.05, 3.63) is 53.6 Å². The normalized spacial score (nSPS) is 9.71. The van der Waals surface area contributed by atoms with Crippen LogP contribution in [0.5, 0.6) is 5.75 Å². The van der Waals surface area contributed by atoms with Crippen molar-refractivity contribution in [1.29, 1.82) is 5.26 Å². The van der Waals surface area contributed by atoms with Crippen LogP contribution in [-0.2, 0) is 0 Å². The lowest BCUT2D eigenvalue weighted by atomic mass is 10.0. The van der Waals surface area contributed by atoms with Crippen LogP contribution in [0.25, 0.3) is 11.1 Å². The molecule has 0 fully saturated rings. The Labute approximate surface area is 101 Å². The molecule has 2 rings (SSSR count). The van der Waals surface area contributed by atoms with Crippen molar-refractivity contribution in [2.24, 2.45) is 0 Å². The molecule has 0 aromatic heterocycles. The zero-order valence-electron chi connectivity index (χ0n) is 9.90. The second-order valence-electron chi connectivity index (χ2n) is 3.93. The van der Waals surface area contributed by atoms with E-state index in [1.54, 1.807) is 7.11 Å². The van der Waals surface area contributed by atoms with Crippen molar-refractivity contribution < 1.29 is 4.74 Å². The number of rotatable bonds is 2. The Balaban J connectivity index is 2.45. The van der Waals surface area contributed by atoms with E-state index in [9.17, 15) is 0 Å². The monoisotopic (exact) mass is 223 g/mol. The van der Waals surface area contributed by atoms with Crippen molar-refractivity contribution in [2.75, 3.05) is 7.11 Å². The summed E-state index contributed by atoms with van der Waals surface area (Å²) in [6, 6.07) is 15.9. The molecule has 2 nitrogen and oxygen atoms in total. The lowest BCUT2D eigenvalue weighted by Crippen LogP contribution is -1.85. The first kappa shape index (κ1) is 11.2. The molecule has 0 radical (unpaired) electrons. The molecule has 0 spiro atoms. The molecule has 0 saturated heterocycles. The largest absolute Gasteiger partial charge is 0.497 e. The van der Waals surface area contributed by atoms with Crippen LogP contribution in [0.1, 0.15) is 11.1 Å². The maximum atomic E-state index is 8.95. The highest BCUT2D eigenvalue weighted by molar-refractivity contribution is 5.66. The fourth-order valence-corrected chi connectivity index (χ4v) is 1.80.